The number of hydrogen-bond donors (Lipinski definition) is 0. The average Bonchev–Trinajstić information content (AvgIpc) is 3.07. The molecule has 0 saturated heterocycles. The molecule has 3 aromatic rings. The molecule has 0 N–H and O–H groups in total. The van der Waals surface area contributed by atoms with E-state index in [1.54, 1.807) is 25.1 Å². The Morgan fingerprint density at radius 2 is 1.97 bits per heavy atom. The number of rotatable bonds is 4. The first-order valence-electron chi connectivity index (χ1n) is 9.31. The summed E-state index contributed by atoms with van der Waals surface area (Å²) >= 11 is 1.17. The first kappa shape index (κ1) is 20.4. The summed E-state index contributed by atoms with van der Waals surface area (Å²) in [5.74, 6) is -0.553. The molecule has 0 radical (unpaired) electrons. The van der Waals surface area contributed by atoms with Crippen molar-refractivity contribution in [2.75, 3.05) is 7.11 Å². The minimum Gasteiger partial charge on any atom is -0.466 e. The Hall–Kier alpha value is -3.85. The Morgan fingerprint density at radius 1 is 1.23 bits per heavy atom. The zero-order valence-corrected chi connectivity index (χ0v) is 17.5. The number of carbonyl (C=O) groups is 1. The van der Waals surface area contributed by atoms with Gasteiger partial charge in [0.05, 0.1) is 33.9 Å². The molecular weight excluding hydrogens is 418 g/mol. The summed E-state index contributed by atoms with van der Waals surface area (Å²) in [4.78, 5) is 41.4. The second-order valence-electron chi connectivity index (χ2n) is 6.84. The van der Waals surface area contributed by atoms with Crippen LogP contribution in [-0.4, -0.2) is 22.6 Å². The quantitative estimate of drug-likeness (QED) is 0.355. The van der Waals surface area contributed by atoms with Crippen molar-refractivity contribution in [2.24, 2.45) is 4.99 Å². The van der Waals surface area contributed by atoms with Crippen LogP contribution in [0.15, 0.2) is 75.7 Å². The Balaban J connectivity index is 1.95. The zero-order chi connectivity index (χ0) is 22.1. The van der Waals surface area contributed by atoms with Crippen molar-refractivity contribution >= 4 is 29.1 Å². The molecule has 2 aromatic carbocycles. The van der Waals surface area contributed by atoms with E-state index < -0.39 is 16.9 Å². The van der Waals surface area contributed by atoms with Gasteiger partial charge in [0, 0.05) is 12.1 Å². The lowest BCUT2D eigenvalue weighted by Gasteiger charge is -2.24. The highest BCUT2D eigenvalue weighted by atomic mass is 32.1. The van der Waals surface area contributed by atoms with Gasteiger partial charge in [0.2, 0.25) is 0 Å². The molecule has 0 aliphatic carbocycles. The molecule has 1 atom stereocenters. The first-order valence-corrected chi connectivity index (χ1v) is 10.1. The van der Waals surface area contributed by atoms with Crippen LogP contribution in [0, 0.1) is 10.1 Å². The fraction of sp³-hybridized carbons (Fsp3) is 0.136. The summed E-state index contributed by atoms with van der Waals surface area (Å²) in [6.07, 6.45) is 1.59. The molecule has 0 fully saturated rings. The molecule has 1 aliphatic rings. The number of benzene rings is 2. The van der Waals surface area contributed by atoms with Gasteiger partial charge in [0.1, 0.15) is 0 Å². The third-order valence-electron chi connectivity index (χ3n) is 4.92. The smallest absolute Gasteiger partial charge is 0.338 e. The largest absolute Gasteiger partial charge is 0.466 e. The van der Waals surface area contributed by atoms with E-state index in [0.717, 1.165) is 5.56 Å². The van der Waals surface area contributed by atoms with Crippen LogP contribution < -0.4 is 14.9 Å². The number of nitrogens with zero attached hydrogens (tertiary/aromatic N) is 3. The average molecular weight is 435 g/mol. The summed E-state index contributed by atoms with van der Waals surface area (Å²) in [7, 11) is 1.29. The normalized spacial score (nSPS) is 15.9. The van der Waals surface area contributed by atoms with Crippen LogP contribution in [0.25, 0.3) is 6.08 Å². The Labute approximate surface area is 180 Å². The van der Waals surface area contributed by atoms with E-state index in [-0.39, 0.29) is 11.2 Å². The van der Waals surface area contributed by atoms with Crippen LogP contribution in [0.3, 0.4) is 0 Å². The van der Waals surface area contributed by atoms with Gasteiger partial charge in [-0.1, -0.05) is 53.8 Å². The topological polar surface area (TPSA) is 104 Å². The highest BCUT2D eigenvalue weighted by molar-refractivity contribution is 7.07. The number of aromatic nitrogens is 1. The highest BCUT2D eigenvalue weighted by Gasteiger charge is 2.32. The Bertz CT molecular complexity index is 1400. The maximum absolute atomic E-state index is 13.4. The molecule has 2 heterocycles. The minimum atomic E-state index is -0.683. The van der Waals surface area contributed by atoms with Crippen LogP contribution in [0.5, 0.6) is 0 Å². The minimum absolute atomic E-state index is 0.0625. The second kappa shape index (κ2) is 8.11. The van der Waals surface area contributed by atoms with Gasteiger partial charge in [-0.2, -0.15) is 0 Å². The SMILES string of the molecule is COC(=O)C1=C(C)N=c2s/c(=C\c3cccc([N+](=O)[O-])c3)c(=O)n2[C@@H]1c1ccccc1. The van der Waals surface area contributed by atoms with Crippen molar-refractivity contribution < 1.29 is 14.5 Å². The van der Waals surface area contributed by atoms with Crippen molar-refractivity contribution in [3.63, 3.8) is 0 Å². The second-order valence-corrected chi connectivity index (χ2v) is 7.85. The standard InChI is InChI=1S/C22H17N3O5S/c1-13-18(21(27)30-2)19(15-8-4-3-5-9-15)24-20(26)17(31-22(24)23-13)12-14-7-6-10-16(11-14)25(28)29/h3-12,19H,1-2H3/b17-12-/t19-/m1/s1. The molecule has 4 rings (SSSR count). The van der Waals surface area contributed by atoms with E-state index in [4.69, 9.17) is 4.74 Å². The van der Waals surface area contributed by atoms with E-state index in [1.807, 2.05) is 30.3 Å². The summed E-state index contributed by atoms with van der Waals surface area (Å²) in [6.45, 7) is 1.71. The van der Waals surface area contributed by atoms with Crippen LogP contribution in [0.4, 0.5) is 5.69 Å². The van der Waals surface area contributed by atoms with Gasteiger partial charge < -0.3 is 4.74 Å². The first-order chi connectivity index (χ1) is 14.9. The number of thiazole rings is 1. The van der Waals surface area contributed by atoms with Crippen molar-refractivity contribution in [1.82, 2.24) is 4.57 Å². The van der Waals surface area contributed by atoms with Gasteiger partial charge in [-0.25, -0.2) is 9.79 Å². The van der Waals surface area contributed by atoms with Crippen LogP contribution in [0.2, 0.25) is 0 Å². The zero-order valence-electron chi connectivity index (χ0n) is 16.6. The number of methoxy groups -OCH3 is 1. The van der Waals surface area contributed by atoms with Gasteiger partial charge in [0.15, 0.2) is 4.80 Å². The van der Waals surface area contributed by atoms with Crippen LogP contribution in [0.1, 0.15) is 24.1 Å². The third-order valence-corrected chi connectivity index (χ3v) is 5.90. The lowest BCUT2D eigenvalue weighted by atomic mass is 9.96. The van der Waals surface area contributed by atoms with Gasteiger partial charge in [-0.3, -0.25) is 19.5 Å². The lowest BCUT2D eigenvalue weighted by Crippen LogP contribution is -2.39. The fourth-order valence-electron chi connectivity index (χ4n) is 3.52. The van der Waals surface area contributed by atoms with Crippen molar-refractivity contribution in [2.45, 2.75) is 13.0 Å². The monoisotopic (exact) mass is 435 g/mol. The molecule has 0 bridgehead atoms. The number of hydrogen-bond acceptors (Lipinski definition) is 7. The van der Waals surface area contributed by atoms with Gasteiger partial charge >= 0.3 is 5.97 Å². The summed E-state index contributed by atoms with van der Waals surface area (Å²) < 4.78 is 6.80. The van der Waals surface area contributed by atoms with Crippen molar-refractivity contribution in [1.29, 1.82) is 0 Å². The molecule has 156 valence electrons. The molecule has 0 unspecified atom stereocenters. The summed E-state index contributed by atoms with van der Waals surface area (Å²) in [5.41, 5.74) is 1.65. The maximum Gasteiger partial charge on any atom is 0.338 e. The maximum atomic E-state index is 13.4. The number of esters is 1. The number of fused-ring (bicyclic) bond motifs is 1. The van der Waals surface area contributed by atoms with Crippen molar-refractivity contribution in [3.8, 4) is 0 Å². The van der Waals surface area contributed by atoms with Gasteiger partial charge in [-0.05, 0) is 24.1 Å². The Morgan fingerprint density at radius 3 is 2.65 bits per heavy atom. The van der Waals surface area contributed by atoms with Crippen LogP contribution in [-0.2, 0) is 9.53 Å². The van der Waals surface area contributed by atoms with Crippen molar-refractivity contribution in [3.05, 3.63) is 107 Å². The number of non-ortho nitro benzene ring substituents is 1. The summed E-state index contributed by atoms with van der Waals surface area (Å²) in [5, 5.41) is 11.1. The number of nitro groups is 1. The summed E-state index contributed by atoms with van der Waals surface area (Å²) in [6, 6.07) is 14.5. The van der Waals surface area contributed by atoms with E-state index in [9.17, 15) is 19.7 Å². The fourth-order valence-corrected chi connectivity index (χ4v) is 4.57. The molecule has 0 amide bonds. The van der Waals surface area contributed by atoms with Gasteiger partial charge in [-0.15, -0.1) is 0 Å². The van der Waals surface area contributed by atoms with E-state index in [1.165, 1.54) is 35.1 Å². The lowest BCUT2D eigenvalue weighted by molar-refractivity contribution is -0.384. The predicted molar refractivity (Wildman–Crippen MR) is 115 cm³/mol. The predicted octanol–water partition coefficient (Wildman–Crippen LogP) is 2.32. The molecule has 8 nitrogen and oxygen atoms in total. The van der Waals surface area contributed by atoms with Gasteiger partial charge in [0.25, 0.3) is 11.2 Å². The third kappa shape index (κ3) is 3.71. The van der Waals surface area contributed by atoms with E-state index in [2.05, 4.69) is 4.99 Å². The molecule has 0 spiro atoms. The highest BCUT2D eigenvalue weighted by Crippen LogP contribution is 2.30. The number of allylic oxidation sites excluding steroid dienone is 1. The number of ether oxygens (including phenoxy) is 1. The Kier molecular flexibility index (Phi) is 5.35. The van der Waals surface area contributed by atoms with E-state index >= 15 is 0 Å². The number of carbonyl (C=O) groups excluding carboxylic acids is 1. The number of nitro benzene ring substituents is 1. The molecule has 0 saturated carbocycles. The molecule has 1 aromatic heterocycles. The molecule has 31 heavy (non-hydrogen) atoms. The molecule has 1 aliphatic heterocycles. The van der Waals surface area contributed by atoms with E-state index in [0.29, 0.717) is 26.2 Å². The molecule has 9 heteroatoms. The van der Waals surface area contributed by atoms with Crippen LogP contribution >= 0.6 is 11.3 Å². The molecular formula is C22H17N3O5S.